The molecule has 0 spiro atoms. The molecule has 0 heterocycles. The van der Waals surface area contributed by atoms with Crippen molar-refractivity contribution in [2.45, 2.75) is 57.1 Å². The molecule has 0 bridgehead atoms. The van der Waals surface area contributed by atoms with E-state index < -0.39 is 0 Å². The number of hydrogen-bond acceptors (Lipinski definition) is 4. The summed E-state index contributed by atoms with van der Waals surface area (Å²) in [6.07, 6.45) is 7.85. The van der Waals surface area contributed by atoms with Crippen LogP contribution >= 0.6 is 0 Å². The first-order valence-corrected chi connectivity index (χ1v) is 7.69. The van der Waals surface area contributed by atoms with E-state index in [1.165, 1.54) is 19.3 Å². The van der Waals surface area contributed by atoms with Crippen LogP contribution < -0.4 is 0 Å². The van der Waals surface area contributed by atoms with Gasteiger partial charge in [0.05, 0.1) is 12.7 Å². The van der Waals surface area contributed by atoms with Crippen LogP contribution in [-0.4, -0.2) is 62.7 Å². The van der Waals surface area contributed by atoms with Crippen molar-refractivity contribution in [1.29, 1.82) is 0 Å². The molecule has 4 heteroatoms. The second-order valence-electron chi connectivity index (χ2n) is 5.50. The van der Waals surface area contributed by atoms with Gasteiger partial charge < -0.3 is 14.6 Å². The van der Waals surface area contributed by atoms with Crippen LogP contribution in [0.15, 0.2) is 0 Å². The van der Waals surface area contributed by atoms with Crippen molar-refractivity contribution < 1.29 is 14.6 Å². The fourth-order valence-corrected chi connectivity index (χ4v) is 2.94. The Morgan fingerprint density at radius 1 is 0.947 bits per heavy atom. The molecule has 1 saturated carbocycles. The number of rotatable bonds is 8. The number of ether oxygens (including phenoxy) is 2. The monoisotopic (exact) mass is 273 g/mol. The SMILES string of the molecule is COCCCN(CCOC)C1CCCCCCC1O. The predicted molar refractivity (Wildman–Crippen MR) is 77.4 cm³/mol. The zero-order valence-corrected chi connectivity index (χ0v) is 12.6. The minimum absolute atomic E-state index is 0.181. The van der Waals surface area contributed by atoms with Gasteiger partial charge in [-0.15, -0.1) is 0 Å². The van der Waals surface area contributed by atoms with E-state index in [9.17, 15) is 5.11 Å². The molecule has 1 aliphatic rings. The highest BCUT2D eigenvalue weighted by Crippen LogP contribution is 2.22. The normalized spacial score (nSPS) is 25.3. The summed E-state index contributed by atoms with van der Waals surface area (Å²) in [4.78, 5) is 2.40. The molecule has 1 fully saturated rings. The van der Waals surface area contributed by atoms with Crippen LogP contribution in [0.4, 0.5) is 0 Å². The molecule has 0 aromatic carbocycles. The third-order valence-corrected chi connectivity index (χ3v) is 4.04. The zero-order chi connectivity index (χ0) is 13.9. The fraction of sp³-hybridized carbons (Fsp3) is 1.00. The average molecular weight is 273 g/mol. The zero-order valence-electron chi connectivity index (χ0n) is 12.6. The summed E-state index contributed by atoms with van der Waals surface area (Å²) in [6.45, 7) is 3.41. The van der Waals surface area contributed by atoms with Crippen LogP contribution in [0.3, 0.4) is 0 Å². The fourth-order valence-electron chi connectivity index (χ4n) is 2.94. The first kappa shape index (κ1) is 16.9. The van der Waals surface area contributed by atoms with E-state index >= 15 is 0 Å². The number of aliphatic hydroxyl groups is 1. The van der Waals surface area contributed by atoms with E-state index in [-0.39, 0.29) is 6.10 Å². The standard InChI is InChI=1S/C15H31NO3/c1-18-12-7-10-16(11-13-19-2)14-8-5-3-4-6-9-15(14)17/h14-15,17H,3-13H2,1-2H3. The summed E-state index contributed by atoms with van der Waals surface area (Å²) in [5, 5.41) is 10.4. The van der Waals surface area contributed by atoms with Gasteiger partial charge in [0.1, 0.15) is 0 Å². The lowest BCUT2D eigenvalue weighted by Crippen LogP contribution is -2.46. The summed E-state index contributed by atoms with van der Waals surface area (Å²) >= 11 is 0. The van der Waals surface area contributed by atoms with Gasteiger partial charge in [-0.1, -0.05) is 25.7 Å². The number of methoxy groups -OCH3 is 2. The van der Waals surface area contributed by atoms with Gasteiger partial charge in [-0.25, -0.2) is 0 Å². The molecule has 1 N–H and O–H groups in total. The Morgan fingerprint density at radius 3 is 2.32 bits per heavy atom. The second-order valence-corrected chi connectivity index (χ2v) is 5.50. The lowest BCUT2D eigenvalue weighted by Gasteiger charge is -2.36. The number of aliphatic hydroxyl groups excluding tert-OH is 1. The smallest absolute Gasteiger partial charge is 0.0695 e. The molecule has 2 atom stereocenters. The third kappa shape index (κ3) is 6.70. The lowest BCUT2D eigenvalue weighted by atomic mass is 9.93. The van der Waals surface area contributed by atoms with Gasteiger partial charge in [0.2, 0.25) is 0 Å². The quantitative estimate of drug-likeness (QED) is 0.687. The maximum atomic E-state index is 10.4. The Balaban J connectivity index is 2.51. The first-order valence-electron chi connectivity index (χ1n) is 7.69. The van der Waals surface area contributed by atoms with Crippen LogP contribution in [-0.2, 0) is 9.47 Å². The Bertz CT molecular complexity index is 214. The van der Waals surface area contributed by atoms with Gasteiger partial charge in [0.25, 0.3) is 0 Å². The average Bonchev–Trinajstić information content (AvgIpc) is 2.39. The van der Waals surface area contributed by atoms with Crippen molar-refractivity contribution in [3.63, 3.8) is 0 Å². The van der Waals surface area contributed by atoms with E-state index in [1.807, 2.05) is 0 Å². The Morgan fingerprint density at radius 2 is 1.63 bits per heavy atom. The molecular formula is C15H31NO3. The summed E-state index contributed by atoms with van der Waals surface area (Å²) in [5.41, 5.74) is 0. The topological polar surface area (TPSA) is 41.9 Å². The van der Waals surface area contributed by atoms with E-state index in [1.54, 1.807) is 14.2 Å². The van der Waals surface area contributed by atoms with Gasteiger partial charge >= 0.3 is 0 Å². The minimum Gasteiger partial charge on any atom is -0.391 e. The Labute approximate surface area is 118 Å². The molecule has 4 nitrogen and oxygen atoms in total. The molecule has 19 heavy (non-hydrogen) atoms. The molecule has 0 aromatic heterocycles. The molecular weight excluding hydrogens is 242 g/mol. The maximum Gasteiger partial charge on any atom is 0.0695 e. The van der Waals surface area contributed by atoms with Gasteiger partial charge in [0, 0.05) is 40.0 Å². The molecule has 0 aliphatic heterocycles. The van der Waals surface area contributed by atoms with Crippen molar-refractivity contribution in [2.24, 2.45) is 0 Å². The van der Waals surface area contributed by atoms with Gasteiger partial charge in [-0.3, -0.25) is 4.90 Å². The van der Waals surface area contributed by atoms with Gasteiger partial charge in [-0.2, -0.15) is 0 Å². The molecule has 114 valence electrons. The van der Waals surface area contributed by atoms with E-state index in [0.717, 1.165) is 52.0 Å². The second kappa shape index (κ2) is 10.6. The molecule has 0 amide bonds. The van der Waals surface area contributed by atoms with Crippen LogP contribution in [0.25, 0.3) is 0 Å². The highest BCUT2D eigenvalue weighted by molar-refractivity contribution is 4.81. The van der Waals surface area contributed by atoms with Gasteiger partial charge in [-0.05, 0) is 19.3 Å². The van der Waals surface area contributed by atoms with E-state index in [4.69, 9.17) is 9.47 Å². The van der Waals surface area contributed by atoms with Crippen LogP contribution in [0.1, 0.15) is 44.9 Å². The van der Waals surface area contributed by atoms with Crippen molar-refractivity contribution in [2.75, 3.05) is 40.5 Å². The lowest BCUT2D eigenvalue weighted by molar-refractivity contribution is 0.0152. The van der Waals surface area contributed by atoms with Crippen LogP contribution in [0.5, 0.6) is 0 Å². The highest BCUT2D eigenvalue weighted by Gasteiger charge is 2.26. The van der Waals surface area contributed by atoms with E-state index in [2.05, 4.69) is 4.90 Å². The first-order chi connectivity index (χ1) is 9.29. The van der Waals surface area contributed by atoms with Crippen molar-refractivity contribution >= 4 is 0 Å². The Kier molecular flexibility index (Phi) is 9.43. The van der Waals surface area contributed by atoms with Gasteiger partial charge in [0.15, 0.2) is 0 Å². The highest BCUT2D eigenvalue weighted by atomic mass is 16.5. The summed E-state index contributed by atoms with van der Waals surface area (Å²) in [5.74, 6) is 0. The van der Waals surface area contributed by atoms with Crippen LogP contribution in [0, 0.1) is 0 Å². The summed E-state index contributed by atoms with van der Waals surface area (Å²) < 4.78 is 10.3. The largest absolute Gasteiger partial charge is 0.391 e. The third-order valence-electron chi connectivity index (χ3n) is 4.04. The summed E-state index contributed by atoms with van der Waals surface area (Å²) in [6, 6.07) is 0.298. The van der Waals surface area contributed by atoms with Crippen molar-refractivity contribution in [3.8, 4) is 0 Å². The molecule has 0 saturated heterocycles. The number of hydrogen-bond donors (Lipinski definition) is 1. The minimum atomic E-state index is -0.181. The molecule has 1 rings (SSSR count). The van der Waals surface area contributed by atoms with Crippen LogP contribution in [0.2, 0.25) is 0 Å². The van der Waals surface area contributed by atoms with Crippen molar-refractivity contribution in [3.05, 3.63) is 0 Å². The Hall–Kier alpha value is -0.160. The predicted octanol–water partition coefficient (Wildman–Crippen LogP) is 2.06. The van der Waals surface area contributed by atoms with Crippen molar-refractivity contribution in [1.82, 2.24) is 4.90 Å². The molecule has 0 aromatic rings. The summed E-state index contributed by atoms with van der Waals surface area (Å²) in [7, 11) is 3.48. The molecule has 0 radical (unpaired) electrons. The number of nitrogens with zero attached hydrogens (tertiary/aromatic N) is 1. The maximum absolute atomic E-state index is 10.4. The van der Waals surface area contributed by atoms with E-state index in [0.29, 0.717) is 6.04 Å². The molecule has 2 unspecified atom stereocenters. The molecule has 1 aliphatic carbocycles.